The molecule has 1 radical (unpaired) electrons. The Morgan fingerprint density at radius 1 is 1.42 bits per heavy atom. The zero-order chi connectivity index (χ0) is 9.14. The monoisotopic (exact) mass is 164 g/mol. The van der Waals surface area contributed by atoms with Crippen LogP contribution in [0, 0.1) is 17.0 Å². The van der Waals surface area contributed by atoms with E-state index in [1.54, 1.807) is 12.1 Å². The summed E-state index contributed by atoms with van der Waals surface area (Å²) in [6, 6.07) is 6.46. The predicted molar refractivity (Wildman–Crippen MR) is 46.9 cm³/mol. The molecule has 0 aliphatic carbocycles. The highest BCUT2D eigenvalue weighted by atomic mass is 16.6. The topological polar surface area (TPSA) is 43.1 Å². The van der Waals surface area contributed by atoms with Gasteiger partial charge in [0.15, 0.2) is 0 Å². The van der Waals surface area contributed by atoms with Gasteiger partial charge in [0.2, 0.25) is 0 Å². The molecule has 0 aromatic heterocycles. The Morgan fingerprint density at radius 2 is 1.92 bits per heavy atom. The molecule has 0 unspecified atom stereocenters. The zero-order valence-corrected chi connectivity index (χ0v) is 6.86. The first-order valence-corrected chi connectivity index (χ1v) is 3.68. The second kappa shape index (κ2) is 3.34. The molecule has 0 aliphatic rings. The van der Waals surface area contributed by atoms with Gasteiger partial charge in [-0.05, 0) is 18.4 Å². The van der Waals surface area contributed by atoms with Gasteiger partial charge >= 0.3 is 0 Å². The lowest BCUT2D eigenvalue weighted by atomic mass is 10.0. The van der Waals surface area contributed by atoms with Gasteiger partial charge in [-0.1, -0.05) is 19.1 Å². The molecule has 1 aromatic carbocycles. The lowest BCUT2D eigenvalue weighted by Crippen LogP contribution is -1.90. The highest BCUT2D eigenvalue weighted by molar-refractivity contribution is 5.34. The quantitative estimate of drug-likeness (QED) is 0.498. The van der Waals surface area contributed by atoms with Crippen LogP contribution in [0.15, 0.2) is 24.3 Å². The molecular weight excluding hydrogens is 154 g/mol. The van der Waals surface area contributed by atoms with Crippen LogP contribution in [0.5, 0.6) is 0 Å². The van der Waals surface area contributed by atoms with Gasteiger partial charge in [-0.3, -0.25) is 10.1 Å². The molecule has 0 N–H and O–H groups in total. The minimum absolute atomic E-state index is 0.124. The summed E-state index contributed by atoms with van der Waals surface area (Å²) in [7, 11) is 0. The second-order valence-corrected chi connectivity index (χ2v) is 2.75. The van der Waals surface area contributed by atoms with Crippen molar-refractivity contribution in [3.63, 3.8) is 0 Å². The third-order valence-corrected chi connectivity index (χ3v) is 1.67. The summed E-state index contributed by atoms with van der Waals surface area (Å²) in [5.74, 6) is 0.172. The first-order chi connectivity index (χ1) is 5.61. The number of nitrogens with zero attached hydrogens (tertiary/aromatic N) is 1. The number of benzene rings is 1. The van der Waals surface area contributed by atoms with Crippen LogP contribution in [0.1, 0.15) is 18.4 Å². The third kappa shape index (κ3) is 1.81. The highest BCUT2D eigenvalue weighted by Gasteiger charge is 2.04. The van der Waals surface area contributed by atoms with E-state index in [0.29, 0.717) is 0 Å². The predicted octanol–water partition coefficient (Wildman–Crippen LogP) is 2.53. The van der Waals surface area contributed by atoms with E-state index in [1.807, 2.05) is 6.92 Å². The van der Waals surface area contributed by atoms with E-state index >= 15 is 0 Å². The van der Waals surface area contributed by atoms with Crippen LogP contribution in [0.25, 0.3) is 0 Å². The van der Waals surface area contributed by atoms with Crippen molar-refractivity contribution in [2.24, 2.45) is 0 Å². The minimum atomic E-state index is -0.405. The van der Waals surface area contributed by atoms with Gasteiger partial charge in [0, 0.05) is 12.1 Å². The van der Waals surface area contributed by atoms with Crippen molar-refractivity contribution in [1.29, 1.82) is 0 Å². The summed E-state index contributed by atoms with van der Waals surface area (Å²) in [4.78, 5) is 9.87. The lowest BCUT2D eigenvalue weighted by molar-refractivity contribution is -0.384. The van der Waals surface area contributed by atoms with Crippen LogP contribution in [0.3, 0.4) is 0 Å². The molecular formula is C9H10NO2. The van der Waals surface area contributed by atoms with E-state index in [9.17, 15) is 10.1 Å². The molecule has 3 nitrogen and oxygen atoms in total. The summed E-state index contributed by atoms with van der Waals surface area (Å²) in [6.07, 6.45) is 0. The Morgan fingerprint density at radius 3 is 2.25 bits per heavy atom. The van der Waals surface area contributed by atoms with Crippen LogP contribution in [-0.2, 0) is 0 Å². The van der Waals surface area contributed by atoms with Gasteiger partial charge in [-0.25, -0.2) is 0 Å². The van der Waals surface area contributed by atoms with Crippen molar-refractivity contribution in [2.75, 3.05) is 0 Å². The van der Waals surface area contributed by atoms with Gasteiger partial charge < -0.3 is 0 Å². The molecule has 0 aliphatic heterocycles. The molecule has 1 aromatic rings. The molecule has 0 spiro atoms. The molecule has 3 heteroatoms. The minimum Gasteiger partial charge on any atom is -0.258 e. The molecule has 0 saturated heterocycles. The molecule has 12 heavy (non-hydrogen) atoms. The molecule has 1 atom stereocenters. The largest absolute Gasteiger partial charge is 0.269 e. The first kappa shape index (κ1) is 8.71. The van der Waals surface area contributed by atoms with E-state index in [-0.39, 0.29) is 11.6 Å². The summed E-state index contributed by atoms with van der Waals surface area (Å²) < 4.78 is 0. The Balaban J connectivity index is 2.93. The van der Waals surface area contributed by atoms with Crippen molar-refractivity contribution < 1.29 is 4.92 Å². The molecule has 63 valence electrons. The lowest BCUT2D eigenvalue weighted by Gasteiger charge is -2.02. The van der Waals surface area contributed by atoms with Gasteiger partial charge in [0.25, 0.3) is 5.69 Å². The maximum absolute atomic E-state index is 10.3. The van der Waals surface area contributed by atoms with Crippen molar-refractivity contribution in [3.05, 3.63) is 46.9 Å². The Labute approximate surface area is 71.2 Å². The first-order valence-electron chi connectivity index (χ1n) is 3.68. The highest BCUT2D eigenvalue weighted by Crippen LogP contribution is 2.17. The van der Waals surface area contributed by atoms with E-state index in [0.717, 1.165) is 5.56 Å². The van der Waals surface area contributed by atoms with Crippen molar-refractivity contribution in [2.45, 2.75) is 12.8 Å². The van der Waals surface area contributed by atoms with Gasteiger partial charge in [-0.15, -0.1) is 0 Å². The molecule has 0 fully saturated rings. The van der Waals surface area contributed by atoms with E-state index < -0.39 is 4.92 Å². The Hall–Kier alpha value is -1.38. The average Bonchev–Trinajstić information content (AvgIpc) is 2.04. The summed E-state index contributed by atoms with van der Waals surface area (Å²) in [5.41, 5.74) is 1.14. The van der Waals surface area contributed by atoms with Crippen LogP contribution < -0.4 is 0 Å². The van der Waals surface area contributed by atoms with Gasteiger partial charge in [0.1, 0.15) is 0 Å². The van der Waals surface area contributed by atoms with Crippen LogP contribution in [0.4, 0.5) is 5.69 Å². The fourth-order valence-electron chi connectivity index (χ4n) is 0.925. The average molecular weight is 164 g/mol. The van der Waals surface area contributed by atoms with E-state index in [1.165, 1.54) is 12.1 Å². The van der Waals surface area contributed by atoms with Crippen molar-refractivity contribution in [3.8, 4) is 0 Å². The number of hydrogen-bond donors (Lipinski definition) is 0. The number of nitro groups is 1. The van der Waals surface area contributed by atoms with Crippen molar-refractivity contribution in [1.82, 2.24) is 0 Å². The summed E-state index contributed by atoms with van der Waals surface area (Å²) in [5, 5.41) is 10.3. The summed E-state index contributed by atoms with van der Waals surface area (Å²) >= 11 is 0. The Kier molecular flexibility index (Phi) is 2.43. The smallest absolute Gasteiger partial charge is 0.258 e. The fourth-order valence-corrected chi connectivity index (χ4v) is 0.925. The van der Waals surface area contributed by atoms with Crippen molar-refractivity contribution >= 4 is 5.69 Å². The number of hydrogen-bond acceptors (Lipinski definition) is 2. The fraction of sp³-hybridized carbons (Fsp3) is 0.222. The normalized spacial score (nSPS) is 10.2. The van der Waals surface area contributed by atoms with Gasteiger partial charge in [-0.2, -0.15) is 0 Å². The number of rotatable bonds is 2. The third-order valence-electron chi connectivity index (χ3n) is 1.67. The number of non-ortho nitro benzene ring substituents is 1. The standard InChI is InChI=1S/C9H10NO2/c1-7(2)8-3-5-9(6-4-8)10(11)12/h3-7H,1H2,2H3/t7-/m1/s1. The summed E-state index contributed by atoms with van der Waals surface area (Å²) in [6.45, 7) is 5.76. The second-order valence-electron chi connectivity index (χ2n) is 2.75. The number of nitro benzene ring substituents is 1. The SMILES string of the molecule is [CH2][C@H](C)c1ccc([N+](=O)[O-])cc1. The van der Waals surface area contributed by atoms with E-state index in [4.69, 9.17) is 0 Å². The van der Waals surface area contributed by atoms with Crippen LogP contribution >= 0.6 is 0 Å². The maximum atomic E-state index is 10.3. The van der Waals surface area contributed by atoms with Gasteiger partial charge in [0.05, 0.1) is 4.92 Å². The molecule has 1 rings (SSSR count). The van der Waals surface area contributed by atoms with E-state index in [2.05, 4.69) is 6.92 Å². The maximum Gasteiger partial charge on any atom is 0.269 e. The molecule has 0 amide bonds. The van der Waals surface area contributed by atoms with Crippen LogP contribution in [0.2, 0.25) is 0 Å². The molecule has 0 saturated carbocycles. The molecule has 0 heterocycles. The zero-order valence-electron chi connectivity index (χ0n) is 6.86. The Bertz CT molecular complexity index is 277. The van der Waals surface area contributed by atoms with Crippen LogP contribution in [-0.4, -0.2) is 4.92 Å². The molecule has 0 bridgehead atoms.